The van der Waals surface area contributed by atoms with Gasteiger partial charge in [-0.3, -0.25) is 4.79 Å². The topological polar surface area (TPSA) is 73.9 Å². The molecule has 0 spiro atoms. The third-order valence-electron chi connectivity index (χ3n) is 2.12. The molecule has 0 aliphatic rings. The maximum Gasteiger partial charge on any atom is 0.397 e. The Kier molecular flexibility index (Phi) is 4.98. The van der Waals surface area contributed by atoms with Gasteiger partial charge in [0.1, 0.15) is 11.5 Å². The molecule has 6 nitrogen and oxygen atoms in total. The number of ether oxygens (including phenoxy) is 3. The highest BCUT2D eigenvalue weighted by Crippen LogP contribution is 2.28. The van der Waals surface area contributed by atoms with E-state index in [1.165, 1.54) is 14.2 Å². The van der Waals surface area contributed by atoms with Crippen LogP contribution in [0.2, 0.25) is 0 Å². The van der Waals surface area contributed by atoms with Crippen molar-refractivity contribution in [2.45, 2.75) is 6.92 Å². The van der Waals surface area contributed by atoms with E-state index in [0.717, 1.165) is 0 Å². The Hall–Kier alpha value is -2.24. The van der Waals surface area contributed by atoms with E-state index in [2.05, 4.69) is 10.1 Å². The van der Waals surface area contributed by atoms with Crippen molar-refractivity contribution in [3.05, 3.63) is 18.2 Å². The Balaban J connectivity index is 2.88. The molecule has 0 aromatic heterocycles. The predicted molar refractivity (Wildman–Crippen MR) is 64.8 cm³/mol. The molecule has 1 N–H and O–H groups in total. The van der Waals surface area contributed by atoms with Crippen molar-refractivity contribution in [2.24, 2.45) is 0 Å². The summed E-state index contributed by atoms with van der Waals surface area (Å²) in [4.78, 5) is 22.7. The summed E-state index contributed by atoms with van der Waals surface area (Å²) in [5.74, 6) is -0.839. The third-order valence-corrected chi connectivity index (χ3v) is 2.12. The number of hydrogen-bond acceptors (Lipinski definition) is 5. The molecule has 0 saturated heterocycles. The highest BCUT2D eigenvalue weighted by Gasteiger charge is 2.17. The number of carbonyl (C=O) groups excluding carboxylic acids is 2. The lowest BCUT2D eigenvalue weighted by molar-refractivity contribution is -0.152. The molecular weight excluding hydrogens is 238 g/mol. The summed E-state index contributed by atoms with van der Waals surface area (Å²) in [6, 6.07) is 4.86. The first kappa shape index (κ1) is 13.8. The molecule has 1 rings (SSSR count). The van der Waals surface area contributed by atoms with E-state index in [1.807, 2.05) is 0 Å². The van der Waals surface area contributed by atoms with E-state index < -0.39 is 11.9 Å². The Morgan fingerprint density at radius 3 is 2.50 bits per heavy atom. The number of rotatable bonds is 4. The van der Waals surface area contributed by atoms with Crippen molar-refractivity contribution in [2.75, 3.05) is 26.1 Å². The van der Waals surface area contributed by atoms with Crippen LogP contribution in [-0.2, 0) is 14.3 Å². The predicted octanol–water partition coefficient (Wildman–Crippen LogP) is 1.21. The summed E-state index contributed by atoms with van der Waals surface area (Å²) >= 11 is 0. The first-order valence-electron chi connectivity index (χ1n) is 5.32. The Morgan fingerprint density at radius 1 is 1.22 bits per heavy atom. The highest BCUT2D eigenvalue weighted by atomic mass is 16.5. The standard InChI is InChI=1S/C12H15NO5/c1-4-18-12(15)11(14)13-9-7-8(16-2)5-6-10(9)17-3/h5-7H,4H2,1-3H3,(H,13,14). The van der Waals surface area contributed by atoms with Gasteiger partial charge in [-0.1, -0.05) is 0 Å². The van der Waals surface area contributed by atoms with E-state index in [-0.39, 0.29) is 6.61 Å². The lowest BCUT2D eigenvalue weighted by atomic mass is 10.2. The van der Waals surface area contributed by atoms with Gasteiger partial charge in [0.05, 0.1) is 26.5 Å². The average molecular weight is 253 g/mol. The zero-order valence-corrected chi connectivity index (χ0v) is 10.5. The molecule has 1 aromatic carbocycles. The van der Waals surface area contributed by atoms with Crippen LogP contribution < -0.4 is 14.8 Å². The maximum absolute atomic E-state index is 11.5. The van der Waals surface area contributed by atoms with E-state index >= 15 is 0 Å². The molecule has 6 heteroatoms. The average Bonchev–Trinajstić information content (AvgIpc) is 2.38. The van der Waals surface area contributed by atoms with Crippen LogP contribution in [0.25, 0.3) is 0 Å². The normalized spacial score (nSPS) is 9.50. The molecular formula is C12H15NO5. The fraction of sp³-hybridized carbons (Fsp3) is 0.333. The number of carbonyl (C=O) groups is 2. The van der Waals surface area contributed by atoms with Crippen LogP contribution in [0, 0.1) is 0 Å². The van der Waals surface area contributed by atoms with Crippen LogP contribution in [0.3, 0.4) is 0 Å². The second-order valence-corrected chi connectivity index (χ2v) is 3.24. The number of hydrogen-bond donors (Lipinski definition) is 1. The van der Waals surface area contributed by atoms with Crippen LogP contribution >= 0.6 is 0 Å². The highest BCUT2D eigenvalue weighted by molar-refractivity contribution is 6.37. The minimum Gasteiger partial charge on any atom is -0.497 e. The quantitative estimate of drug-likeness (QED) is 0.644. The number of esters is 1. The summed E-state index contributed by atoms with van der Waals surface area (Å²) in [6.07, 6.45) is 0. The molecule has 98 valence electrons. The summed E-state index contributed by atoms with van der Waals surface area (Å²) < 4.78 is 14.7. The second kappa shape index (κ2) is 6.48. The summed E-state index contributed by atoms with van der Waals surface area (Å²) in [7, 11) is 2.96. The first-order chi connectivity index (χ1) is 8.62. The molecule has 0 atom stereocenters. The van der Waals surface area contributed by atoms with Crippen LogP contribution in [0.1, 0.15) is 6.92 Å². The lowest BCUT2D eigenvalue weighted by Crippen LogP contribution is -2.25. The molecule has 0 fully saturated rings. The molecule has 0 aliphatic heterocycles. The fourth-order valence-electron chi connectivity index (χ4n) is 1.28. The van der Waals surface area contributed by atoms with E-state index in [9.17, 15) is 9.59 Å². The minimum absolute atomic E-state index is 0.140. The zero-order chi connectivity index (χ0) is 13.5. The number of anilines is 1. The molecule has 0 aliphatic carbocycles. The van der Waals surface area contributed by atoms with Gasteiger partial charge < -0.3 is 19.5 Å². The van der Waals surface area contributed by atoms with Gasteiger partial charge in [0.2, 0.25) is 0 Å². The van der Waals surface area contributed by atoms with Crippen molar-refractivity contribution in [3.63, 3.8) is 0 Å². The molecule has 0 bridgehead atoms. The van der Waals surface area contributed by atoms with E-state index in [4.69, 9.17) is 9.47 Å². The number of methoxy groups -OCH3 is 2. The van der Waals surface area contributed by atoms with Crippen LogP contribution in [-0.4, -0.2) is 32.7 Å². The van der Waals surface area contributed by atoms with Crippen molar-refractivity contribution in [1.29, 1.82) is 0 Å². The Labute approximate surface area is 105 Å². The van der Waals surface area contributed by atoms with Gasteiger partial charge in [0.15, 0.2) is 0 Å². The summed E-state index contributed by atoms with van der Waals surface area (Å²) in [5.41, 5.74) is 0.343. The van der Waals surface area contributed by atoms with Gasteiger partial charge in [-0.05, 0) is 19.1 Å². The maximum atomic E-state index is 11.5. The van der Waals surface area contributed by atoms with Crippen LogP contribution in [0.4, 0.5) is 5.69 Å². The van der Waals surface area contributed by atoms with Gasteiger partial charge in [-0.15, -0.1) is 0 Å². The van der Waals surface area contributed by atoms with Gasteiger partial charge in [0.25, 0.3) is 0 Å². The van der Waals surface area contributed by atoms with Crippen LogP contribution in [0.15, 0.2) is 18.2 Å². The first-order valence-corrected chi connectivity index (χ1v) is 5.32. The third kappa shape index (κ3) is 3.38. The molecule has 0 saturated carbocycles. The molecule has 0 heterocycles. The largest absolute Gasteiger partial charge is 0.497 e. The van der Waals surface area contributed by atoms with E-state index in [1.54, 1.807) is 25.1 Å². The number of amides is 1. The SMILES string of the molecule is CCOC(=O)C(=O)Nc1cc(OC)ccc1OC. The van der Waals surface area contributed by atoms with Gasteiger partial charge in [-0.2, -0.15) is 0 Å². The lowest BCUT2D eigenvalue weighted by Gasteiger charge is -2.11. The molecule has 18 heavy (non-hydrogen) atoms. The number of nitrogens with one attached hydrogen (secondary N) is 1. The fourth-order valence-corrected chi connectivity index (χ4v) is 1.28. The molecule has 0 radical (unpaired) electrons. The van der Waals surface area contributed by atoms with Gasteiger partial charge in [0, 0.05) is 6.07 Å². The second-order valence-electron chi connectivity index (χ2n) is 3.24. The monoisotopic (exact) mass is 253 g/mol. The summed E-state index contributed by atoms with van der Waals surface area (Å²) in [5, 5.41) is 2.40. The zero-order valence-electron chi connectivity index (χ0n) is 10.5. The Morgan fingerprint density at radius 2 is 1.94 bits per heavy atom. The van der Waals surface area contributed by atoms with Gasteiger partial charge >= 0.3 is 11.9 Å². The minimum atomic E-state index is -0.942. The van der Waals surface area contributed by atoms with E-state index in [0.29, 0.717) is 17.2 Å². The van der Waals surface area contributed by atoms with Crippen molar-refractivity contribution >= 4 is 17.6 Å². The van der Waals surface area contributed by atoms with Crippen molar-refractivity contribution < 1.29 is 23.8 Å². The smallest absolute Gasteiger partial charge is 0.397 e. The van der Waals surface area contributed by atoms with Crippen molar-refractivity contribution in [1.82, 2.24) is 0 Å². The van der Waals surface area contributed by atoms with Crippen LogP contribution in [0.5, 0.6) is 11.5 Å². The Bertz CT molecular complexity index is 444. The van der Waals surface area contributed by atoms with Gasteiger partial charge in [-0.25, -0.2) is 4.79 Å². The molecule has 0 unspecified atom stereocenters. The molecule has 1 aromatic rings. The van der Waals surface area contributed by atoms with Crippen molar-refractivity contribution in [3.8, 4) is 11.5 Å². The molecule has 1 amide bonds. The summed E-state index contributed by atoms with van der Waals surface area (Å²) in [6.45, 7) is 1.76. The number of benzene rings is 1.